The Labute approximate surface area is 122 Å². The van der Waals surface area contributed by atoms with Crippen LogP contribution >= 0.6 is 11.3 Å². The topological polar surface area (TPSA) is 80.0 Å². The van der Waals surface area contributed by atoms with E-state index in [1.54, 1.807) is 0 Å². The summed E-state index contributed by atoms with van der Waals surface area (Å²) in [6.07, 6.45) is 0. The molecule has 6 heteroatoms. The van der Waals surface area contributed by atoms with Crippen LogP contribution in [0.4, 0.5) is 16.6 Å². The quantitative estimate of drug-likeness (QED) is 0.808. The zero-order valence-corrected chi connectivity index (χ0v) is 12.6. The monoisotopic (exact) mass is 290 g/mol. The van der Waals surface area contributed by atoms with E-state index < -0.39 is 0 Å². The number of hydrogen-bond acceptors (Lipinski definition) is 5. The number of anilines is 3. The summed E-state index contributed by atoms with van der Waals surface area (Å²) < 4.78 is 0. The van der Waals surface area contributed by atoms with Crippen LogP contribution in [0.5, 0.6) is 0 Å². The molecule has 0 atom stereocenters. The van der Waals surface area contributed by atoms with E-state index in [1.165, 1.54) is 11.3 Å². The maximum atomic E-state index is 12.2. The van der Waals surface area contributed by atoms with Crippen LogP contribution in [0.3, 0.4) is 0 Å². The largest absolute Gasteiger partial charge is 0.382 e. The third-order valence-corrected chi connectivity index (χ3v) is 3.69. The van der Waals surface area contributed by atoms with Crippen LogP contribution in [0.1, 0.15) is 27.7 Å². The summed E-state index contributed by atoms with van der Waals surface area (Å²) >= 11 is 1.26. The number of carbonyl (C=O) groups excluding carboxylic acids is 1. The average Bonchev–Trinajstić information content (AvgIpc) is 2.69. The molecule has 4 N–H and O–H groups in total. The molecule has 0 aliphatic rings. The second kappa shape index (κ2) is 5.92. The molecular weight excluding hydrogens is 272 g/mol. The van der Waals surface area contributed by atoms with Crippen molar-refractivity contribution < 1.29 is 4.79 Å². The normalized spacial score (nSPS) is 10.3. The van der Waals surface area contributed by atoms with Crippen LogP contribution in [0.2, 0.25) is 0 Å². The van der Waals surface area contributed by atoms with Crippen molar-refractivity contribution in [2.75, 3.05) is 22.9 Å². The fourth-order valence-electron chi connectivity index (χ4n) is 1.96. The van der Waals surface area contributed by atoms with E-state index in [2.05, 4.69) is 21.7 Å². The molecule has 0 saturated heterocycles. The Morgan fingerprint density at radius 2 is 1.95 bits per heavy atom. The maximum absolute atomic E-state index is 12.2. The first-order valence-corrected chi connectivity index (χ1v) is 7.21. The van der Waals surface area contributed by atoms with Gasteiger partial charge in [0.2, 0.25) is 0 Å². The standard InChI is InChI=1S/C14H18N4OS/c1-4-16-14-18-12(15)11(20-14)13(19)17-10-6-8(2)5-9(3)7-10/h5-7H,4,15H2,1-3H3,(H,16,18)(H,17,19). The highest BCUT2D eigenvalue weighted by Gasteiger charge is 2.16. The summed E-state index contributed by atoms with van der Waals surface area (Å²) in [7, 11) is 0. The number of rotatable bonds is 4. The van der Waals surface area contributed by atoms with Gasteiger partial charge in [-0.25, -0.2) is 4.98 Å². The lowest BCUT2D eigenvalue weighted by Crippen LogP contribution is -2.12. The molecule has 1 aromatic heterocycles. The van der Waals surface area contributed by atoms with Crippen LogP contribution in [0.15, 0.2) is 18.2 Å². The number of aryl methyl sites for hydroxylation is 2. The van der Waals surface area contributed by atoms with Gasteiger partial charge in [0.05, 0.1) is 0 Å². The molecular formula is C14H18N4OS. The number of thiazole rings is 1. The summed E-state index contributed by atoms with van der Waals surface area (Å²) in [4.78, 5) is 16.8. The molecule has 5 nitrogen and oxygen atoms in total. The number of amides is 1. The summed E-state index contributed by atoms with van der Waals surface area (Å²) in [5, 5.41) is 6.58. The van der Waals surface area contributed by atoms with Crippen molar-refractivity contribution in [1.29, 1.82) is 0 Å². The second-order valence-corrected chi connectivity index (χ2v) is 5.59. The Bertz CT molecular complexity index is 616. The van der Waals surface area contributed by atoms with Gasteiger partial charge in [0, 0.05) is 12.2 Å². The van der Waals surface area contributed by atoms with E-state index in [4.69, 9.17) is 5.73 Å². The molecule has 0 saturated carbocycles. The Balaban J connectivity index is 2.19. The summed E-state index contributed by atoms with van der Waals surface area (Å²) in [5.41, 5.74) is 8.76. The number of benzene rings is 1. The van der Waals surface area contributed by atoms with Gasteiger partial charge in [-0.05, 0) is 44.0 Å². The van der Waals surface area contributed by atoms with E-state index >= 15 is 0 Å². The summed E-state index contributed by atoms with van der Waals surface area (Å²) in [6, 6.07) is 5.90. The molecule has 1 heterocycles. The smallest absolute Gasteiger partial charge is 0.269 e. The van der Waals surface area contributed by atoms with Crippen molar-refractivity contribution in [2.24, 2.45) is 0 Å². The van der Waals surface area contributed by atoms with Crippen molar-refractivity contribution in [3.8, 4) is 0 Å². The van der Waals surface area contributed by atoms with Gasteiger partial charge in [0.15, 0.2) is 5.13 Å². The van der Waals surface area contributed by atoms with Gasteiger partial charge in [0.1, 0.15) is 10.7 Å². The lowest BCUT2D eigenvalue weighted by Gasteiger charge is -2.06. The minimum atomic E-state index is -0.228. The number of nitrogens with two attached hydrogens (primary N) is 1. The zero-order valence-electron chi connectivity index (χ0n) is 11.8. The number of aromatic nitrogens is 1. The minimum absolute atomic E-state index is 0.228. The molecule has 106 valence electrons. The van der Waals surface area contributed by atoms with Crippen LogP contribution in [0, 0.1) is 13.8 Å². The van der Waals surface area contributed by atoms with Gasteiger partial charge in [-0.2, -0.15) is 0 Å². The SMILES string of the molecule is CCNc1nc(N)c(C(=O)Nc2cc(C)cc(C)c2)s1. The van der Waals surface area contributed by atoms with Crippen molar-refractivity contribution >= 4 is 33.9 Å². The number of nitrogens with zero attached hydrogens (tertiary/aromatic N) is 1. The number of nitrogens with one attached hydrogen (secondary N) is 2. The average molecular weight is 290 g/mol. The number of carbonyl (C=O) groups is 1. The van der Waals surface area contributed by atoms with E-state index in [0.717, 1.165) is 23.4 Å². The Morgan fingerprint density at radius 1 is 1.30 bits per heavy atom. The predicted octanol–water partition coefficient (Wildman–Crippen LogP) is 3.03. The first kappa shape index (κ1) is 14.3. The summed E-state index contributed by atoms with van der Waals surface area (Å²) in [6.45, 7) is 6.69. The highest BCUT2D eigenvalue weighted by molar-refractivity contribution is 7.18. The van der Waals surface area contributed by atoms with E-state index in [1.807, 2.05) is 32.9 Å². The first-order valence-electron chi connectivity index (χ1n) is 6.39. The van der Waals surface area contributed by atoms with Crippen LogP contribution < -0.4 is 16.4 Å². The Hall–Kier alpha value is -2.08. The highest BCUT2D eigenvalue weighted by Crippen LogP contribution is 2.26. The molecule has 2 rings (SSSR count). The van der Waals surface area contributed by atoms with Crippen LogP contribution in [-0.4, -0.2) is 17.4 Å². The first-order chi connectivity index (χ1) is 9.49. The highest BCUT2D eigenvalue weighted by atomic mass is 32.1. The van der Waals surface area contributed by atoms with Crippen molar-refractivity contribution in [3.05, 3.63) is 34.2 Å². The molecule has 0 fully saturated rings. The molecule has 0 bridgehead atoms. The fraction of sp³-hybridized carbons (Fsp3) is 0.286. The lowest BCUT2D eigenvalue weighted by molar-refractivity contribution is 0.103. The Kier molecular flexibility index (Phi) is 4.24. The van der Waals surface area contributed by atoms with Crippen molar-refractivity contribution in [2.45, 2.75) is 20.8 Å². The van der Waals surface area contributed by atoms with Crippen molar-refractivity contribution in [3.63, 3.8) is 0 Å². The fourth-order valence-corrected chi connectivity index (χ4v) is 2.80. The third kappa shape index (κ3) is 3.27. The maximum Gasteiger partial charge on any atom is 0.269 e. The lowest BCUT2D eigenvalue weighted by atomic mass is 10.1. The molecule has 0 radical (unpaired) electrons. The number of nitrogen functional groups attached to an aromatic ring is 1. The van der Waals surface area contributed by atoms with Gasteiger partial charge >= 0.3 is 0 Å². The zero-order chi connectivity index (χ0) is 14.7. The Morgan fingerprint density at radius 3 is 2.55 bits per heavy atom. The van der Waals surface area contributed by atoms with E-state index in [9.17, 15) is 4.79 Å². The second-order valence-electron chi connectivity index (χ2n) is 4.59. The minimum Gasteiger partial charge on any atom is -0.382 e. The van der Waals surface area contributed by atoms with Gasteiger partial charge in [-0.15, -0.1) is 0 Å². The number of hydrogen-bond donors (Lipinski definition) is 3. The van der Waals surface area contributed by atoms with Crippen LogP contribution in [0.25, 0.3) is 0 Å². The molecule has 1 amide bonds. The molecule has 0 aliphatic carbocycles. The molecule has 2 aromatic rings. The molecule has 0 unspecified atom stereocenters. The van der Waals surface area contributed by atoms with Gasteiger partial charge in [-0.1, -0.05) is 17.4 Å². The van der Waals surface area contributed by atoms with Crippen LogP contribution in [-0.2, 0) is 0 Å². The predicted molar refractivity (Wildman–Crippen MR) is 84.6 cm³/mol. The molecule has 20 heavy (non-hydrogen) atoms. The molecule has 0 aliphatic heterocycles. The molecule has 0 spiro atoms. The van der Waals surface area contributed by atoms with Gasteiger partial charge in [-0.3, -0.25) is 4.79 Å². The third-order valence-electron chi connectivity index (χ3n) is 2.67. The summed E-state index contributed by atoms with van der Waals surface area (Å²) in [5.74, 6) is 0.0296. The van der Waals surface area contributed by atoms with Gasteiger partial charge < -0.3 is 16.4 Å². The van der Waals surface area contributed by atoms with E-state index in [-0.39, 0.29) is 11.7 Å². The van der Waals surface area contributed by atoms with Crippen molar-refractivity contribution in [1.82, 2.24) is 4.98 Å². The van der Waals surface area contributed by atoms with E-state index in [0.29, 0.717) is 10.0 Å². The molecule has 1 aromatic carbocycles. The van der Waals surface area contributed by atoms with Gasteiger partial charge in [0.25, 0.3) is 5.91 Å².